The summed E-state index contributed by atoms with van der Waals surface area (Å²) >= 11 is 0. The number of carbonyl (C=O) groups is 1. The van der Waals surface area contributed by atoms with Crippen molar-refractivity contribution in [1.29, 1.82) is 0 Å². The van der Waals surface area contributed by atoms with Crippen LogP contribution in [-0.2, 0) is 11.3 Å². The fourth-order valence-electron chi connectivity index (χ4n) is 2.63. The van der Waals surface area contributed by atoms with Crippen molar-refractivity contribution in [3.63, 3.8) is 0 Å². The number of rotatable bonds is 3. The average Bonchev–Trinajstić information content (AvgIpc) is 2.94. The average molecular weight is 268 g/mol. The molecule has 20 heavy (non-hydrogen) atoms. The second-order valence-electron chi connectivity index (χ2n) is 4.95. The van der Waals surface area contributed by atoms with Crippen LogP contribution in [0, 0.1) is 13.8 Å². The third-order valence-corrected chi connectivity index (χ3v) is 3.53. The van der Waals surface area contributed by atoms with Gasteiger partial charge in [0.2, 0.25) is 5.91 Å². The molecule has 0 bridgehead atoms. The number of H-pyrrole nitrogens is 1. The minimum Gasteiger partial charge on any atom is -0.368 e. The van der Waals surface area contributed by atoms with Gasteiger partial charge >= 0.3 is 0 Å². The molecular weight excluding hydrogens is 252 g/mol. The van der Waals surface area contributed by atoms with E-state index in [1.807, 2.05) is 26.1 Å². The SMILES string of the molecule is Cc1nn(CC(N)=O)c(C)c1-c1ccc2[nH]ccc2c1. The molecule has 0 unspecified atom stereocenters. The standard InChI is InChI=1S/C15H16N4O/c1-9-15(10(2)19(18-9)8-14(16)20)12-3-4-13-11(7-12)5-6-17-13/h3-7,17H,8H2,1-2H3,(H2,16,20). The summed E-state index contributed by atoms with van der Waals surface area (Å²) in [7, 11) is 0. The lowest BCUT2D eigenvalue weighted by molar-refractivity contribution is -0.118. The summed E-state index contributed by atoms with van der Waals surface area (Å²) < 4.78 is 1.66. The Morgan fingerprint density at radius 1 is 1.35 bits per heavy atom. The van der Waals surface area contributed by atoms with E-state index in [-0.39, 0.29) is 12.5 Å². The third kappa shape index (κ3) is 1.97. The molecule has 102 valence electrons. The van der Waals surface area contributed by atoms with Gasteiger partial charge in [-0.1, -0.05) is 6.07 Å². The molecule has 2 heterocycles. The predicted octanol–water partition coefficient (Wildman–Crippen LogP) is 2.13. The molecule has 5 heteroatoms. The summed E-state index contributed by atoms with van der Waals surface area (Å²) in [5.41, 5.74) is 10.4. The van der Waals surface area contributed by atoms with Crippen molar-refractivity contribution < 1.29 is 4.79 Å². The monoisotopic (exact) mass is 268 g/mol. The second-order valence-corrected chi connectivity index (χ2v) is 4.95. The zero-order valence-corrected chi connectivity index (χ0v) is 11.5. The fourth-order valence-corrected chi connectivity index (χ4v) is 2.63. The van der Waals surface area contributed by atoms with E-state index < -0.39 is 0 Å². The zero-order chi connectivity index (χ0) is 14.3. The van der Waals surface area contributed by atoms with Crippen molar-refractivity contribution in [3.8, 4) is 11.1 Å². The maximum Gasteiger partial charge on any atom is 0.239 e. The number of hydrogen-bond acceptors (Lipinski definition) is 2. The number of aryl methyl sites for hydroxylation is 1. The molecule has 1 aromatic carbocycles. The quantitative estimate of drug-likeness (QED) is 0.763. The van der Waals surface area contributed by atoms with Crippen LogP contribution in [0.1, 0.15) is 11.4 Å². The Bertz CT molecular complexity index is 797. The van der Waals surface area contributed by atoms with E-state index in [1.165, 1.54) is 0 Å². The lowest BCUT2D eigenvalue weighted by Crippen LogP contribution is -2.20. The van der Waals surface area contributed by atoms with Gasteiger partial charge in [0.25, 0.3) is 0 Å². The first-order valence-electron chi connectivity index (χ1n) is 6.46. The van der Waals surface area contributed by atoms with Gasteiger partial charge in [-0.3, -0.25) is 9.48 Å². The Labute approximate surface area is 116 Å². The van der Waals surface area contributed by atoms with E-state index in [0.29, 0.717) is 0 Å². The highest BCUT2D eigenvalue weighted by Crippen LogP contribution is 2.29. The molecule has 0 saturated heterocycles. The molecule has 3 aromatic rings. The van der Waals surface area contributed by atoms with E-state index in [0.717, 1.165) is 33.4 Å². The number of hydrogen-bond donors (Lipinski definition) is 2. The number of nitrogens with zero attached hydrogens (tertiary/aromatic N) is 2. The summed E-state index contributed by atoms with van der Waals surface area (Å²) in [6, 6.07) is 8.27. The number of aromatic nitrogens is 3. The molecule has 0 atom stereocenters. The maximum absolute atomic E-state index is 11.1. The fraction of sp³-hybridized carbons (Fsp3) is 0.200. The molecule has 1 amide bonds. The number of carbonyl (C=O) groups excluding carboxylic acids is 1. The van der Waals surface area contributed by atoms with Crippen LogP contribution in [0.3, 0.4) is 0 Å². The van der Waals surface area contributed by atoms with Crippen molar-refractivity contribution in [1.82, 2.24) is 14.8 Å². The number of fused-ring (bicyclic) bond motifs is 1. The smallest absolute Gasteiger partial charge is 0.239 e. The van der Waals surface area contributed by atoms with Gasteiger partial charge in [-0.15, -0.1) is 0 Å². The van der Waals surface area contributed by atoms with Gasteiger partial charge in [0, 0.05) is 23.0 Å². The van der Waals surface area contributed by atoms with Gasteiger partial charge in [-0.2, -0.15) is 5.10 Å². The molecule has 0 aliphatic heterocycles. The Morgan fingerprint density at radius 3 is 2.90 bits per heavy atom. The highest BCUT2D eigenvalue weighted by molar-refractivity contribution is 5.86. The number of primary amides is 1. The first-order chi connectivity index (χ1) is 9.56. The van der Waals surface area contributed by atoms with Gasteiger partial charge in [-0.25, -0.2) is 0 Å². The Kier molecular flexibility index (Phi) is 2.82. The van der Waals surface area contributed by atoms with Gasteiger partial charge in [-0.05, 0) is 43.0 Å². The molecule has 0 aliphatic carbocycles. The predicted molar refractivity (Wildman–Crippen MR) is 78.2 cm³/mol. The number of benzene rings is 1. The topological polar surface area (TPSA) is 76.7 Å². The van der Waals surface area contributed by atoms with Gasteiger partial charge in [0.05, 0.1) is 5.69 Å². The first kappa shape index (κ1) is 12.5. The molecule has 0 saturated carbocycles. The lowest BCUT2D eigenvalue weighted by atomic mass is 10.0. The molecule has 0 spiro atoms. The highest BCUT2D eigenvalue weighted by atomic mass is 16.1. The van der Waals surface area contributed by atoms with Crippen molar-refractivity contribution in [2.75, 3.05) is 0 Å². The van der Waals surface area contributed by atoms with Crippen LogP contribution in [-0.4, -0.2) is 20.7 Å². The van der Waals surface area contributed by atoms with Crippen LogP contribution in [0.25, 0.3) is 22.0 Å². The summed E-state index contributed by atoms with van der Waals surface area (Å²) in [5.74, 6) is -0.386. The van der Waals surface area contributed by atoms with E-state index in [9.17, 15) is 4.79 Å². The van der Waals surface area contributed by atoms with Gasteiger partial charge in [0.15, 0.2) is 0 Å². The highest BCUT2D eigenvalue weighted by Gasteiger charge is 2.14. The van der Waals surface area contributed by atoms with Crippen LogP contribution >= 0.6 is 0 Å². The van der Waals surface area contributed by atoms with E-state index in [1.54, 1.807) is 4.68 Å². The molecule has 2 aromatic heterocycles. The summed E-state index contributed by atoms with van der Waals surface area (Å²) in [6.45, 7) is 4.01. The summed E-state index contributed by atoms with van der Waals surface area (Å²) in [4.78, 5) is 14.3. The van der Waals surface area contributed by atoms with Crippen LogP contribution in [0.2, 0.25) is 0 Å². The van der Waals surface area contributed by atoms with E-state index in [2.05, 4.69) is 28.3 Å². The van der Waals surface area contributed by atoms with Crippen molar-refractivity contribution in [2.24, 2.45) is 5.73 Å². The molecule has 5 nitrogen and oxygen atoms in total. The van der Waals surface area contributed by atoms with Crippen molar-refractivity contribution in [2.45, 2.75) is 20.4 Å². The molecule has 3 rings (SSSR count). The van der Waals surface area contributed by atoms with Crippen LogP contribution < -0.4 is 5.73 Å². The Morgan fingerprint density at radius 2 is 2.15 bits per heavy atom. The number of nitrogens with one attached hydrogen (secondary N) is 1. The second kappa shape index (κ2) is 4.52. The zero-order valence-electron chi connectivity index (χ0n) is 11.5. The summed E-state index contributed by atoms with van der Waals surface area (Å²) in [5, 5.41) is 5.56. The molecule has 0 fully saturated rings. The maximum atomic E-state index is 11.1. The van der Waals surface area contributed by atoms with Crippen LogP contribution in [0.15, 0.2) is 30.5 Å². The number of amides is 1. The Balaban J connectivity index is 2.13. The lowest BCUT2D eigenvalue weighted by Gasteiger charge is -2.04. The molecule has 0 radical (unpaired) electrons. The molecular formula is C15H16N4O. The van der Waals surface area contributed by atoms with Crippen LogP contribution in [0.4, 0.5) is 0 Å². The van der Waals surface area contributed by atoms with E-state index >= 15 is 0 Å². The van der Waals surface area contributed by atoms with Crippen molar-refractivity contribution >= 4 is 16.8 Å². The number of nitrogens with two attached hydrogens (primary N) is 1. The van der Waals surface area contributed by atoms with Gasteiger partial charge < -0.3 is 10.7 Å². The third-order valence-electron chi connectivity index (χ3n) is 3.53. The largest absolute Gasteiger partial charge is 0.368 e. The first-order valence-corrected chi connectivity index (χ1v) is 6.46. The summed E-state index contributed by atoms with van der Waals surface area (Å²) in [6.07, 6.45) is 1.92. The minimum atomic E-state index is -0.386. The normalized spacial score (nSPS) is 11.1. The minimum absolute atomic E-state index is 0.110. The van der Waals surface area contributed by atoms with Crippen LogP contribution in [0.5, 0.6) is 0 Å². The van der Waals surface area contributed by atoms with E-state index in [4.69, 9.17) is 5.73 Å². The molecule has 3 N–H and O–H groups in total. The Hall–Kier alpha value is -2.56. The van der Waals surface area contributed by atoms with Crippen molar-refractivity contribution in [3.05, 3.63) is 41.9 Å². The number of aromatic amines is 1. The van der Waals surface area contributed by atoms with Gasteiger partial charge in [0.1, 0.15) is 6.54 Å². The molecule has 0 aliphatic rings.